The van der Waals surface area contributed by atoms with Crippen LogP contribution in [0.4, 0.5) is 0 Å². The van der Waals surface area contributed by atoms with Crippen LogP contribution in [-0.4, -0.2) is 58.0 Å². The average molecular weight is 270 g/mol. The van der Waals surface area contributed by atoms with Gasteiger partial charge in [0.15, 0.2) is 0 Å². The molecule has 0 aliphatic carbocycles. The molecule has 1 fully saturated rings. The maximum absolute atomic E-state index is 12.4. The molecule has 0 N–H and O–H groups in total. The quantitative estimate of drug-likeness (QED) is 0.808. The fourth-order valence-corrected chi connectivity index (χ4v) is 3.40. The molecule has 0 bridgehead atoms. The standard InChI is InChI=1S/C12H18N2O3S/c1-13-6-8-14(9-7-13)18(15,16)12-5-3-4-11(10-12)17-2/h3-5,10H,6-9H2,1-2H3. The Hall–Kier alpha value is -1.11. The predicted molar refractivity (Wildman–Crippen MR) is 69.2 cm³/mol. The van der Waals surface area contributed by atoms with Crippen molar-refractivity contribution in [3.63, 3.8) is 0 Å². The van der Waals surface area contributed by atoms with E-state index in [1.54, 1.807) is 24.3 Å². The average Bonchev–Trinajstić information content (AvgIpc) is 2.39. The van der Waals surface area contributed by atoms with Crippen LogP contribution < -0.4 is 4.74 Å². The van der Waals surface area contributed by atoms with Gasteiger partial charge in [0.2, 0.25) is 10.0 Å². The highest BCUT2D eigenvalue weighted by Gasteiger charge is 2.27. The van der Waals surface area contributed by atoms with Gasteiger partial charge in [0.25, 0.3) is 0 Å². The fraction of sp³-hybridized carbons (Fsp3) is 0.500. The molecule has 5 nitrogen and oxygen atoms in total. The molecule has 1 aromatic rings. The SMILES string of the molecule is COc1cccc(S(=O)(=O)N2CCN(C)CC2)c1. The van der Waals surface area contributed by atoms with Crippen molar-refractivity contribution in [2.45, 2.75) is 4.90 Å². The summed E-state index contributed by atoms with van der Waals surface area (Å²) in [5, 5.41) is 0. The second-order valence-electron chi connectivity index (χ2n) is 4.39. The monoisotopic (exact) mass is 270 g/mol. The van der Waals surface area contributed by atoms with E-state index in [1.165, 1.54) is 11.4 Å². The molecule has 1 aliphatic heterocycles. The Labute approximate surface area is 108 Å². The number of rotatable bonds is 3. The number of likely N-dealkylation sites (N-methyl/N-ethyl adjacent to an activating group) is 1. The Morgan fingerprint density at radius 2 is 1.83 bits per heavy atom. The van der Waals surface area contributed by atoms with E-state index in [2.05, 4.69) is 4.90 Å². The van der Waals surface area contributed by atoms with Gasteiger partial charge in [-0.2, -0.15) is 4.31 Å². The van der Waals surface area contributed by atoms with Crippen molar-refractivity contribution in [2.75, 3.05) is 40.3 Å². The fourth-order valence-electron chi connectivity index (χ4n) is 1.94. The molecular weight excluding hydrogens is 252 g/mol. The van der Waals surface area contributed by atoms with Crippen molar-refractivity contribution in [3.8, 4) is 5.75 Å². The van der Waals surface area contributed by atoms with E-state index >= 15 is 0 Å². The Bertz CT molecular complexity index is 508. The van der Waals surface area contributed by atoms with Gasteiger partial charge in [0.1, 0.15) is 5.75 Å². The third kappa shape index (κ3) is 2.66. The molecule has 2 rings (SSSR count). The lowest BCUT2D eigenvalue weighted by Gasteiger charge is -2.31. The zero-order valence-corrected chi connectivity index (χ0v) is 11.5. The lowest BCUT2D eigenvalue weighted by atomic mass is 10.3. The van der Waals surface area contributed by atoms with Crippen LogP contribution >= 0.6 is 0 Å². The maximum Gasteiger partial charge on any atom is 0.243 e. The van der Waals surface area contributed by atoms with Gasteiger partial charge in [-0.1, -0.05) is 6.07 Å². The van der Waals surface area contributed by atoms with Gasteiger partial charge >= 0.3 is 0 Å². The summed E-state index contributed by atoms with van der Waals surface area (Å²) in [5.41, 5.74) is 0. The number of nitrogens with zero attached hydrogens (tertiary/aromatic N) is 2. The topological polar surface area (TPSA) is 49.9 Å². The van der Waals surface area contributed by atoms with Gasteiger partial charge in [0, 0.05) is 32.2 Å². The normalized spacial score (nSPS) is 18.8. The number of hydrogen-bond donors (Lipinski definition) is 0. The van der Waals surface area contributed by atoms with Crippen molar-refractivity contribution in [3.05, 3.63) is 24.3 Å². The van der Waals surface area contributed by atoms with Crippen molar-refractivity contribution >= 4 is 10.0 Å². The minimum Gasteiger partial charge on any atom is -0.497 e. The molecule has 1 aromatic carbocycles. The molecule has 0 spiro atoms. The summed E-state index contributed by atoms with van der Waals surface area (Å²) < 4.78 is 31.4. The van der Waals surface area contributed by atoms with E-state index in [1.807, 2.05) is 7.05 Å². The van der Waals surface area contributed by atoms with E-state index in [0.717, 1.165) is 13.1 Å². The highest BCUT2D eigenvalue weighted by atomic mass is 32.2. The first-order chi connectivity index (χ1) is 8.54. The predicted octanol–water partition coefficient (Wildman–Crippen LogP) is 0.631. The summed E-state index contributed by atoms with van der Waals surface area (Å²) in [6.45, 7) is 2.61. The Morgan fingerprint density at radius 3 is 2.44 bits per heavy atom. The van der Waals surface area contributed by atoms with Gasteiger partial charge in [-0.25, -0.2) is 8.42 Å². The van der Waals surface area contributed by atoms with Gasteiger partial charge in [0.05, 0.1) is 12.0 Å². The number of piperazine rings is 1. The van der Waals surface area contributed by atoms with Crippen molar-refractivity contribution in [2.24, 2.45) is 0 Å². The smallest absolute Gasteiger partial charge is 0.243 e. The van der Waals surface area contributed by atoms with Gasteiger partial charge < -0.3 is 9.64 Å². The van der Waals surface area contributed by atoms with E-state index in [-0.39, 0.29) is 0 Å². The summed E-state index contributed by atoms with van der Waals surface area (Å²) >= 11 is 0. The first kappa shape index (κ1) is 13.3. The summed E-state index contributed by atoms with van der Waals surface area (Å²) in [5.74, 6) is 0.560. The largest absolute Gasteiger partial charge is 0.497 e. The van der Waals surface area contributed by atoms with Crippen LogP contribution in [0.2, 0.25) is 0 Å². The van der Waals surface area contributed by atoms with Crippen LogP contribution in [0.5, 0.6) is 5.75 Å². The second-order valence-corrected chi connectivity index (χ2v) is 6.32. The summed E-state index contributed by atoms with van der Waals surface area (Å²) in [6, 6.07) is 6.61. The van der Waals surface area contributed by atoms with Crippen LogP contribution in [0.15, 0.2) is 29.2 Å². The van der Waals surface area contributed by atoms with E-state index in [0.29, 0.717) is 23.7 Å². The Morgan fingerprint density at radius 1 is 1.17 bits per heavy atom. The Kier molecular flexibility index (Phi) is 3.89. The molecule has 0 aromatic heterocycles. The summed E-state index contributed by atoms with van der Waals surface area (Å²) in [6.07, 6.45) is 0. The second kappa shape index (κ2) is 5.26. The van der Waals surface area contributed by atoms with Crippen molar-refractivity contribution in [1.29, 1.82) is 0 Å². The molecule has 100 valence electrons. The van der Waals surface area contributed by atoms with Crippen molar-refractivity contribution in [1.82, 2.24) is 9.21 Å². The van der Waals surface area contributed by atoms with Crippen LogP contribution in [0.1, 0.15) is 0 Å². The van der Waals surface area contributed by atoms with Crippen LogP contribution in [0, 0.1) is 0 Å². The molecule has 0 saturated carbocycles. The first-order valence-corrected chi connectivity index (χ1v) is 7.31. The van der Waals surface area contributed by atoms with E-state index in [9.17, 15) is 8.42 Å². The molecule has 1 heterocycles. The molecule has 0 amide bonds. The first-order valence-electron chi connectivity index (χ1n) is 5.87. The van der Waals surface area contributed by atoms with Crippen LogP contribution in [0.3, 0.4) is 0 Å². The molecule has 0 atom stereocenters. The molecular formula is C12H18N2O3S. The molecule has 0 radical (unpaired) electrons. The van der Waals surface area contributed by atoms with Crippen LogP contribution in [0.25, 0.3) is 0 Å². The van der Waals surface area contributed by atoms with Gasteiger partial charge in [-0.3, -0.25) is 0 Å². The minimum atomic E-state index is -3.39. The molecule has 1 saturated heterocycles. The number of ether oxygens (including phenoxy) is 1. The third-order valence-corrected chi connectivity index (χ3v) is 5.04. The maximum atomic E-state index is 12.4. The van der Waals surface area contributed by atoms with Crippen molar-refractivity contribution < 1.29 is 13.2 Å². The van der Waals surface area contributed by atoms with E-state index in [4.69, 9.17) is 4.74 Å². The lowest BCUT2D eigenvalue weighted by molar-refractivity contribution is 0.222. The Balaban J connectivity index is 2.24. The highest BCUT2D eigenvalue weighted by molar-refractivity contribution is 7.89. The zero-order valence-electron chi connectivity index (χ0n) is 10.7. The number of hydrogen-bond acceptors (Lipinski definition) is 4. The number of benzene rings is 1. The molecule has 1 aliphatic rings. The van der Waals surface area contributed by atoms with Gasteiger partial charge in [-0.05, 0) is 19.2 Å². The molecule has 18 heavy (non-hydrogen) atoms. The minimum absolute atomic E-state index is 0.298. The molecule has 0 unspecified atom stereocenters. The van der Waals surface area contributed by atoms with E-state index < -0.39 is 10.0 Å². The number of sulfonamides is 1. The highest BCUT2D eigenvalue weighted by Crippen LogP contribution is 2.21. The van der Waals surface area contributed by atoms with Gasteiger partial charge in [-0.15, -0.1) is 0 Å². The molecule has 6 heteroatoms. The summed E-state index contributed by atoms with van der Waals surface area (Å²) in [7, 11) is 0.134. The summed E-state index contributed by atoms with van der Waals surface area (Å²) in [4.78, 5) is 2.42. The zero-order chi connectivity index (χ0) is 13.2. The van der Waals surface area contributed by atoms with Crippen LogP contribution in [-0.2, 0) is 10.0 Å². The lowest BCUT2D eigenvalue weighted by Crippen LogP contribution is -2.46. The number of methoxy groups -OCH3 is 1. The third-order valence-electron chi connectivity index (χ3n) is 3.14.